The maximum absolute atomic E-state index is 13.0. The van der Waals surface area contributed by atoms with E-state index in [9.17, 15) is 14.7 Å². The standard InChI is InChI=1S/C24H31ClN4O3S/c1-14-20(11-16(25)12-26-14)27-13-19-8-9-22(33-19)24(32)29-21(23(31)28-17-4-5-17)10-15-2-6-18(30)7-3-15/h8-9,11-12,15,17-18,21,27,30H,2-7,10,13H2,1H3,(H,28,31)(H,29,32)/t15?,18?,21-/m0/s1. The summed E-state index contributed by atoms with van der Waals surface area (Å²) in [5.41, 5.74) is 1.71. The van der Waals surface area contributed by atoms with E-state index in [1.165, 1.54) is 11.3 Å². The molecule has 178 valence electrons. The van der Waals surface area contributed by atoms with Gasteiger partial charge in [0.15, 0.2) is 0 Å². The molecular weight excluding hydrogens is 460 g/mol. The molecule has 2 aliphatic carbocycles. The Bertz CT molecular complexity index is 986. The lowest BCUT2D eigenvalue weighted by molar-refractivity contribution is -0.123. The van der Waals surface area contributed by atoms with E-state index in [4.69, 9.17) is 11.6 Å². The molecule has 1 atom stereocenters. The average Bonchev–Trinajstić information content (AvgIpc) is 3.48. The van der Waals surface area contributed by atoms with Gasteiger partial charge >= 0.3 is 0 Å². The van der Waals surface area contributed by atoms with Gasteiger partial charge in [0.25, 0.3) is 5.91 Å². The van der Waals surface area contributed by atoms with E-state index in [1.807, 2.05) is 19.1 Å². The Morgan fingerprint density at radius 3 is 2.70 bits per heavy atom. The molecule has 0 aromatic carbocycles. The number of aliphatic hydroxyl groups is 1. The van der Waals surface area contributed by atoms with Crippen molar-refractivity contribution in [2.24, 2.45) is 5.92 Å². The van der Waals surface area contributed by atoms with Gasteiger partial charge in [-0.25, -0.2) is 0 Å². The molecule has 33 heavy (non-hydrogen) atoms. The number of pyridine rings is 1. The molecule has 0 spiro atoms. The summed E-state index contributed by atoms with van der Waals surface area (Å²) in [6.07, 6.45) is 7.29. The molecule has 2 fully saturated rings. The first kappa shape index (κ1) is 24.0. The molecule has 0 aliphatic heterocycles. The van der Waals surface area contributed by atoms with Crippen molar-refractivity contribution >= 4 is 40.4 Å². The number of nitrogens with one attached hydrogen (secondary N) is 3. The molecule has 2 saturated carbocycles. The van der Waals surface area contributed by atoms with Crippen LogP contribution in [0.25, 0.3) is 0 Å². The molecule has 2 heterocycles. The third kappa shape index (κ3) is 6.91. The first-order valence-electron chi connectivity index (χ1n) is 11.6. The van der Waals surface area contributed by atoms with Gasteiger partial charge in [-0.05, 0) is 76.0 Å². The molecule has 0 radical (unpaired) electrons. The Morgan fingerprint density at radius 2 is 1.97 bits per heavy atom. The summed E-state index contributed by atoms with van der Waals surface area (Å²) < 4.78 is 0. The molecule has 0 bridgehead atoms. The number of aliphatic hydroxyl groups excluding tert-OH is 1. The largest absolute Gasteiger partial charge is 0.393 e. The van der Waals surface area contributed by atoms with Crippen LogP contribution >= 0.6 is 22.9 Å². The van der Waals surface area contributed by atoms with E-state index in [0.717, 1.165) is 54.8 Å². The highest BCUT2D eigenvalue weighted by molar-refractivity contribution is 7.14. The molecule has 0 saturated heterocycles. The Morgan fingerprint density at radius 1 is 1.21 bits per heavy atom. The molecule has 4 rings (SSSR count). The van der Waals surface area contributed by atoms with Gasteiger partial charge in [-0.2, -0.15) is 0 Å². The quantitative estimate of drug-likeness (QED) is 0.425. The van der Waals surface area contributed by atoms with Crippen LogP contribution in [0.4, 0.5) is 5.69 Å². The summed E-state index contributed by atoms with van der Waals surface area (Å²) >= 11 is 7.44. The Balaban J connectivity index is 1.36. The van der Waals surface area contributed by atoms with E-state index >= 15 is 0 Å². The van der Waals surface area contributed by atoms with Gasteiger partial charge in [0, 0.05) is 23.7 Å². The summed E-state index contributed by atoms with van der Waals surface area (Å²) in [4.78, 5) is 31.6. The normalized spacial score (nSPS) is 21.3. The van der Waals surface area contributed by atoms with E-state index in [-0.39, 0.29) is 24.0 Å². The lowest BCUT2D eigenvalue weighted by Crippen LogP contribution is -2.48. The Kier molecular flexibility index (Phi) is 7.88. The summed E-state index contributed by atoms with van der Waals surface area (Å²) in [6, 6.07) is 5.24. The second-order valence-electron chi connectivity index (χ2n) is 9.13. The molecule has 2 aromatic heterocycles. The minimum Gasteiger partial charge on any atom is -0.393 e. The number of carbonyl (C=O) groups is 2. The number of halogens is 1. The van der Waals surface area contributed by atoms with Crippen molar-refractivity contribution in [2.75, 3.05) is 5.32 Å². The first-order valence-corrected chi connectivity index (χ1v) is 12.8. The number of aryl methyl sites for hydroxylation is 1. The molecular formula is C24H31ClN4O3S. The SMILES string of the molecule is Cc1ncc(Cl)cc1NCc1ccc(C(=O)N[C@@H](CC2CCC(O)CC2)C(=O)NC2CC2)s1. The minimum atomic E-state index is -0.554. The molecule has 2 amide bonds. The highest BCUT2D eigenvalue weighted by Crippen LogP contribution is 2.29. The number of hydrogen-bond donors (Lipinski definition) is 4. The fourth-order valence-electron chi connectivity index (χ4n) is 4.17. The molecule has 2 aliphatic rings. The zero-order chi connectivity index (χ0) is 23.4. The maximum atomic E-state index is 13.0. The van der Waals surface area contributed by atoms with Crippen LogP contribution < -0.4 is 16.0 Å². The van der Waals surface area contributed by atoms with E-state index in [2.05, 4.69) is 20.9 Å². The number of anilines is 1. The van der Waals surface area contributed by atoms with Gasteiger partial charge < -0.3 is 21.1 Å². The Hall–Kier alpha value is -2.16. The van der Waals surface area contributed by atoms with Crippen LogP contribution in [-0.4, -0.2) is 40.1 Å². The highest BCUT2D eigenvalue weighted by atomic mass is 35.5. The molecule has 2 aromatic rings. The predicted molar refractivity (Wildman–Crippen MR) is 131 cm³/mol. The van der Waals surface area contributed by atoms with Crippen molar-refractivity contribution < 1.29 is 14.7 Å². The number of carbonyl (C=O) groups excluding carboxylic acids is 2. The fraction of sp³-hybridized carbons (Fsp3) is 0.542. The summed E-state index contributed by atoms with van der Waals surface area (Å²) in [7, 11) is 0. The number of amides is 2. The Labute approximate surface area is 203 Å². The molecule has 7 nitrogen and oxygen atoms in total. The van der Waals surface area contributed by atoms with Crippen molar-refractivity contribution in [3.63, 3.8) is 0 Å². The summed E-state index contributed by atoms with van der Waals surface area (Å²) in [5.74, 6) is 0.0132. The average molecular weight is 491 g/mol. The van der Waals surface area contributed by atoms with Crippen LogP contribution in [0.5, 0.6) is 0 Å². The van der Waals surface area contributed by atoms with Crippen LogP contribution in [0.1, 0.15) is 65.2 Å². The topological polar surface area (TPSA) is 103 Å². The zero-order valence-electron chi connectivity index (χ0n) is 18.8. The summed E-state index contributed by atoms with van der Waals surface area (Å²) in [5, 5.41) is 19.7. The van der Waals surface area contributed by atoms with Gasteiger partial charge in [0.2, 0.25) is 5.91 Å². The van der Waals surface area contributed by atoms with Crippen molar-refractivity contribution in [1.82, 2.24) is 15.6 Å². The number of nitrogens with zero attached hydrogens (tertiary/aromatic N) is 1. The van der Waals surface area contributed by atoms with Crippen LogP contribution in [0, 0.1) is 12.8 Å². The maximum Gasteiger partial charge on any atom is 0.262 e. The van der Waals surface area contributed by atoms with Crippen molar-refractivity contribution in [1.29, 1.82) is 0 Å². The zero-order valence-corrected chi connectivity index (χ0v) is 20.3. The third-order valence-electron chi connectivity index (χ3n) is 6.32. The van der Waals surface area contributed by atoms with E-state index in [1.54, 1.807) is 12.3 Å². The highest BCUT2D eigenvalue weighted by Gasteiger charge is 2.31. The number of rotatable bonds is 9. The second kappa shape index (κ2) is 10.8. The van der Waals surface area contributed by atoms with Gasteiger partial charge in [0.05, 0.1) is 27.4 Å². The predicted octanol–water partition coefficient (Wildman–Crippen LogP) is 4.04. The van der Waals surface area contributed by atoms with Crippen LogP contribution in [0.3, 0.4) is 0 Å². The van der Waals surface area contributed by atoms with Gasteiger partial charge in [-0.15, -0.1) is 11.3 Å². The number of hydrogen-bond acceptors (Lipinski definition) is 6. The molecule has 0 unspecified atom stereocenters. The van der Waals surface area contributed by atoms with Crippen LogP contribution in [0.15, 0.2) is 24.4 Å². The monoisotopic (exact) mass is 490 g/mol. The lowest BCUT2D eigenvalue weighted by Gasteiger charge is -2.28. The molecule has 4 N–H and O–H groups in total. The summed E-state index contributed by atoms with van der Waals surface area (Å²) in [6.45, 7) is 2.46. The van der Waals surface area contributed by atoms with Crippen LogP contribution in [-0.2, 0) is 11.3 Å². The van der Waals surface area contributed by atoms with Crippen molar-refractivity contribution in [3.8, 4) is 0 Å². The third-order valence-corrected chi connectivity index (χ3v) is 7.61. The number of aromatic nitrogens is 1. The van der Waals surface area contributed by atoms with E-state index in [0.29, 0.717) is 28.8 Å². The van der Waals surface area contributed by atoms with Gasteiger partial charge in [-0.3, -0.25) is 14.6 Å². The molecule has 9 heteroatoms. The smallest absolute Gasteiger partial charge is 0.262 e. The van der Waals surface area contributed by atoms with Crippen molar-refractivity contribution in [3.05, 3.63) is 44.9 Å². The lowest BCUT2D eigenvalue weighted by atomic mass is 9.83. The second-order valence-corrected chi connectivity index (χ2v) is 10.7. The first-order chi connectivity index (χ1) is 15.9. The number of thiophene rings is 1. The van der Waals surface area contributed by atoms with Crippen LogP contribution in [0.2, 0.25) is 5.02 Å². The van der Waals surface area contributed by atoms with E-state index < -0.39 is 6.04 Å². The van der Waals surface area contributed by atoms with Crippen molar-refractivity contribution in [2.45, 2.75) is 76.6 Å². The van der Waals surface area contributed by atoms with Gasteiger partial charge in [-0.1, -0.05) is 11.6 Å². The van der Waals surface area contributed by atoms with Gasteiger partial charge in [0.1, 0.15) is 6.04 Å². The minimum absolute atomic E-state index is 0.0978. The fourth-order valence-corrected chi connectivity index (χ4v) is 5.18.